The lowest BCUT2D eigenvalue weighted by Crippen LogP contribution is -2.36. The number of carbonyl (C=O) groups excluding carboxylic acids is 1. The molecule has 0 saturated heterocycles. The van der Waals surface area contributed by atoms with Crippen molar-refractivity contribution in [1.29, 1.82) is 0 Å². The molecule has 6 heteroatoms. The third-order valence-electron chi connectivity index (χ3n) is 1.54. The van der Waals surface area contributed by atoms with Gasteiger partial charge in [-0.25, -0.2) is 0 Å². The van der Waals surface area contributed by atoms with Crippen molar-refractivity contribution in [2.75, 3.05) is 0 Å². The molecule has 0 saturated carbocycles. The van der Waals surface area contributed by atoms with Gasteiger partial charge in [-0.15, -0.1) is 5.11 Å². The SMILES string of the molecule is CC1=C2C(=O)NC(=S)N=C2N=N1. The second-order valence-corrected chi connectivity index (χ2v) is 2.74. The molecule has 5 nitrogen and oxygen atoms in total. The molecule has 2 aliphatic heterocycles. The molecule has 1 amide bonds. The highest BCUT2D eigenvalue weighted by Crippen LogP contribution is 2.19. The minimum absolute atomic E-state index is 0.146. The average Bonchev–Trinajstić information content (AvgIpc) is 2.31. The van der Waals surface area contributed by atoms with Gasteiger partial charge in [0.2, 0.25) is 5.11 Å². The maximum absolute atomic E-state index is 11.2. The summed E-state index contributed by atoms with van der Waals surface area (Å²) in [5.74, 6) is 0.0498. The van der Waals surface area contributed by atoms with Crippen molar-refractivity contribution in [1.82, 2.24) is 5.32 Å². The van der Waals surface area contributed by atoms with E-state index in [1.807, 2.05) is 0 Å². The molecule has 0 aromatic heterocycles. The lowest BCUT2D eigenvalue weighted by atomic mass is 10.2. The van der Waals surface area contributed by atoms with Crippen LogP contribution in [-0.4, -0.2) is 16.9 Å². The molecule has 12 heavy (non-hydrogen) atoms. The molecule has 2 aliphatic rings. The van der Waals surface area contributed by atoms with Crippen LogP contribution in [0.3, 0.4) is 0 Å². The number of carbonyl (C=O) groups is 1. The Labute approximate surface area is 73.3 Å². The normalized spacial score (nSPS) is 20.9. The summed E-state index contributed by atoms with van der Waals surface area (Å²) < 4.78 is 0. The number of hydrogen-bond donors (Lipinski definition) is 1. The molecule has 0 spiro atoms. The zero-order chi connectivity index (χ0) is 8.72. The largest absolute Gasteiger partial charge is 0.297 e. The van der Waals surface area contributed by atoms with Crippen LogP contribution >= 0.6 is 12.2 Å². The smallest absolute Gasteiger partial charge is 0.263 e. The van der Waals surface area contributed by atoms with E-state index in [9.17, 15) is 4.79 Å². The summed E-state index contributed by atoms with van der Waals surface area (Å²) in [6, 6.07) is 0. The van der Waals surface area contributed by atoms with Gasteiger partial charge in [-0.05, 0) is 19.1 Å². The van der Waals surface area contributed by atoms with Gasteiger partial charge in [0.1, 0.15) is 5.57 Å². The minimum Gasteiger partial charge on any atom is -0.297 e. The Hall–Kier alpha value is -1.43. The Morgan fingerprint density at radius 2 is 2.17 bits per heavy atom. The Balaban J connectivity index is 2.59. The molecule has 2 heterocycles. The van der Waals surface area contributed by atoms with Crippen LogP contribution < -0.4 is 5.32 Å². The van der Waals surface area contributed by atoms with E-state index in [2.05, 4.69) is 20.5 Å². The van der Waals surface area contributed by atoms with Crippen molar-refractivity contribution in [3.63, 3.8) is 0 Å². The zero-order valence-corrected chi connectivity index (χ0v) is 6.97. The third kappa shape index (κ3) is 0.884. The van der Waals surface area contributed by atoms with Crippen LogP contribution in [0.2, 0.25) is 0 Å². The van der Waals surface area contributed by atoms with E-state index in [1.54, 1.807) is 6.92 Å². The number of hydrogen-bond acceptors (Lipinski definition) is 4. The number of rotatable bonds is 0. The highest BCUT2D eigenvalue weighted by Gasteiger charge is 2.28. The predicted octanol–water partition coefficient (Wildman–Crippen LogP) is 0.539. The summed E-state index contributed by atoms with van der Waals surface area (Å²) >= 11 is 4.70. The summed E-state index contributed by atoms with van der Waals surface area (Å²) in [5.41, 5.74) is 0.998. The number of thiocarbonyl (C=S) groups is 1. The topological polar surface area (TPSA) is 66.2 Å². The summed E-state index contributed by atoms with van der Waals surface area (Å²) in [5, 5.41) is 9.96. The Bertz CT molecular complexity index is 379. The first-order chi connectivity index (χ1) is 5.68. The fraction of sp³-hybridized carbons (Fsp3) is 0.167. The van der Waals surface area contributed by atoms with Gasteiger partial charge in [0, 0.05) is 0 Å². The molecular weight excluding hydrogens is 176 g/mol. The first-order valence-corrected chi connectivity index (χ1v) is 3.66. The second-order valence-electron chi connectivity index (χ2n) is 2.36. The molecule has 0 aromatic carbocycles. The number of allylic oxidation sites excluding steroid dienone is 1. The van der Waals surface area contributed by atoms with E-state index in [0.717, 1.165) is 0 Å². The molecule has 0 aromatic rings. The number of azo groups is 1. The number of aliphatic imine (C=N–C) groups is 1. The van der Waals surface area contributed by atoms with Crippen molar-refractivity contribution < 1.29 is 4.79 Å². The molecular formula is C6H4N4OS. The van der Waals surface area contributed by atoms with Crippen molar-refractivity contribution in [2.45, 2.75) is 6.92 Å². The number of amides is 1. The lowest BCUT2D eigenvalue weighted by molar-refractivity contribution is -0.115. The molecule has 0 bridgehead atoms. The van der Waals surface area contributed by atoms with Crippen LogP contribution in [-0.2, 0) is 4.79 Å². The first-order valence-electron chi connectivity index (χ1n) is 3.25. The van der Waals surface area contributed by atoms with Crippen molar-refractivity contribution in [3.8, 4) is 0 Å². The van der Waals surface area contributed by atoms with E-state index in [1.165, 1.54) is 0 Å². The van der Waals surface area contributed by atoms with Gasteiger partial charge < -0.3 is 0 Å². The van der Waals surface area contributed by atoms with E-state index in [4.69, 9.17) is 12.2 Å². The van der Waals surface area contributed by atoms with E-state index in [-0.39, 0.29) is 11.0 Å². The van der Waals surface area contributed by atoms with Crippen molar-refractivity contribution in [2.24, 2.45) is 15.2 Å². The van der Waals surface area contributed by atoms with Crippen molar-refractivity contribution in [3.05, 3.63) is 11.3 Å². The van der Waals surface area contributed by atoms with E-state index in [0.29, 0.717) is 17.1 Å². The van der Waals surface area contributed by atoms with Crippen LogP contribution in [0.15, 0.2) is 26.5 Å². The van der Waals surface area contributed by atoms with E-state index >= 15 is 0 Å². The maximum Gasteiger partial charge on any atom is 0.263 e. The number of fused-ring (bicyclic) bond motifs is 1. The monoisotopic (exact) mass is 180 g/mol. The lowest BCUT2D eigenvalue weighted by Gasteiger charge is -2.09. The fourth-order valence-corrected chi connectivity index (χ4v) is 1.19. The van der Waals surface area contributed by atoms with Crippen LogP contribution in [0.1, 0.15) is 6.92 Å². The maximum atomic E-state index is 11.2. The summed E-state index contributed by atoms with van der Waals surface area (Å²) in [7, 11) is 0. The standard InChI is InChI=1S/C6H4N4OS/c1-2-3-4(10-9-2)7-6(12)8-5(3)11/h1H3,(H,8,11,12). The fourth-order valence-electron chi connectivity index (χ4n) is 1.01. The number of nitrogens with one attached hydrogen (secondary N) is 1. The average molecular weight is 180 g/mol. The molecule has 0 atom stereocenters. The zero-order valence-electron chi connectivity index (χ0n) is 6.16. The molecule has 1 N–H and O–H groups in total. The first kappa shape index (κ1) is 7.23. The Kier molecular flexibility index (Phi) is 1.37. The molecule has 0 fully saturated rings. The van der Waals surface area contributed by atoms with Gasteiger partial charge in [0.15, 0.2) is 5.84 Å². The van der Waals surface area contributed by atoms with Gasteiger partial charge in [-0.1, -0.05) is 0 Å². The molecule has 60 valence electrons. The second kappa shape index (κ2) is 2.28. The van der Waals surface area contributed by atoms with Crippen LogP contribution in [0, 0.1) is 0 Å². The third-order valence-corrected chi connectivity index (χ3v) is 1.73. The Morgan fingerprint density at radius 1 is 1.42 bits per heavy atom. The highest BCUT2D eigenvalue weighted by molar-refractivity contribution is 7.80. The van der Waals surface area contributed by atoms with E-state index < -0.39 is 0 Å². The van der Waals surface area contributed by atoms with Crippen molar-refractivity contribution >= 4 is 29.1 Å². The van der Waals surface area contributed by atoms with Crippen LogP contribution in [0.25, 0.3) is 0 Å². The highest BCUT2D eigenvalue weighted by atomic mass is 32.1. The predicted molar refractivity (Wildman–Crippen MR) is 45.7 cm³/mol. The van der Waals surface area contributed by atoms with Gasteiger partial charge in [0.25, 0.3) is 5.91 Å². The number of amidine groups is 1. The summed E-state index contributed by atoms with van der Waals surface area (Å²) in [6.45, 7) is 1.70. The number of nitrogens with zero attached hydrogens (tertiary/aromatic N) is 3. The van der Waals surface area contributed by atoms with Gasteiger partial charge in [0.05, 0.1) is 5.70 Å². The molecule has 0 unspecified atom stereocenters. The molecule has 0 aliphatic carbocycles. The quantitative estimate of drug-likeness (QED) is 0.553. The summed E-state index contributed by atoms with van der Waals surface area (Å²) in [4.78, 5) is 15.1. The van der Waals surface area contributed by atoms with Crippen LogP contribution in [0.4, 0.5) is 0 Å². The van der Waals surface area contributed by atoms with Gasteiger partial charge in [-0.3, -0.25) is 10.1 Å². The summed E-state index contributed by atoms with van der Waals surface area (Å²) in [6.07, 6.45) is 0. The minimum atomic E-state index is -0.271. The molecule has 0 radical (unpaired) electrons. The van der Waals surface area contributed by atoms with Gasteiger partial charge in [-0.2, -0.15) is 10.1 Å². The molecule has 2 rings (SSSR count). The Morgan fingerprint density at radius 3 is 2.92 bits per heavy atom. The van der Waals surface area contributed by atoms with Crippen LogP contribution in [0.5, 0.6) is 0 Å². The van der Waals surface area contributed by atoms with Gasteiger partial charge >= 0.3 is 0 Å².